The van der Waals surface area contributed by atoms with E-state index in [2.05, 4.69) is 73.8 Å². The zero-order chi connectivity index (χ0) is 24.7. The molecule has 3 aromatic rings. The SMILES string of the molecule is C=CCC(/C=C/C1=CCC(C)C=C1)c1cc2[nH]c(Oc3ccc(C)c(C)c3)nc2cc1Cl.CO. The summed E-state index contributed by atoms with van der Waals surface area (Å²) >= 11 is 6.69. The Kier molecular flexibility index (Phi) is 8.91. The second-order valence-electron chi connectivity index (χ2n) is 8.55. The number of hydrogen-bond acceptors (Lipinski definition) is 3. The van der Waals surface area contributed by atoms with E-state index in [1.54, 1.807) is 0 Å². The van der Waals surface area contributed by atoms with Gasteiger partial charge in [0.1, 0.15) is 5.75 Å². The van der Waals surface area contributed by atoms with E-state index >= 15 is 0 Å². The Balaban J connectivity index is 0.00000158. The number of benzene rings is 2. The Morgan fingerprint density at radius 2 is 2.03 bits per heavy atom. The van der Waals surface area contributed by atoms with Crippen molar-refractivity contribution in [3.05, 3.63) is 101 Å². The van der Waals surface area contributed by atoms with Gasteiger partial charge in [0.2, 0.25) is 0 Å². The van der Waals surface area contributed by atoms with Gasteiger partial charge >= 0.3 is 0 Å². The molecule has 4 rings (SSSR count). The van der Waals surface area contributed by atoms with E-state index in [-0.39, 0.29) is 5.92 Å². The lowest BCUT2D eigenvalue weighted by Gasteiger charge is -2.14. The second kappa shape index (κ2) is 11.9. The molecule has 1 aliphatic carbocycles. The minimum absolute atomic E-state index is 0.130. The lowest BCUT2D eigenvalue weighted by molar-refractivity contribution is 0.399. The number of nitrogens with one attached hydrogen (secondary N) is 1. The predicted octanol–water partition coefficient (Wildman–Crippen LogP) is 7.97. The topological polar surface area (TPSA) is 58.1 Å². The molecule has 5 heteroatoms. The van der Waals surface area contributed by atoms with Crippen molar-refractivity contribution in [2.75, 3.05) is 7.11 Å². The fourth-order valence-corrected chi connectivity index (χ4v) is 4.13. The molecule has 0 amide bonds. The summed E-state index contributed by atoms with van der Waals surface area (Å²) in [5, 5.41) is 7.69. The molecule has 0 spiro atoms. The van der Waals surface area contributed by atoms with E-state index in [1.807, 2.05) is 30.3 Å². The maximum Gasteiger partial charge on any atom is 0.300 e. The zero-order valence-corrected chi connectivity index (χ0v) is 21.1. The summed E-state index contributed by atoms with van der Waals surface area (Å²) in [5.74, 6) is 1.49. The summed E-state index contributed by atoms with van der Waals surface area (Å²) in [6.07, 6.45) is 14.9. The van der Waals surface area contributed by atoms with Crippen LogP contribution >= 0.6 is 11.6 Å². The Morgan fingerprint density at radius 1 is 1.24 bits per heavy atom. The maximum absolute atomic E-state index is 7.00. The molecule has 0 bridgehead atoms. The first-order valence-corrected chi connectivity index (χ1v) is 11.9. The van der Waals surface area contributed by atoms with Crippen molar-refractivity contribution >= 4 is 22.6 Å². The molecular formula is C29H33ClN2O2. The minimum atomic E-state index is 0.130. The molecule has 1 aromatic heterocycles. The van der Waals surface area contributed by atoms with Crippen LogP contribution < -0.4 is 4.74 Å². The molecule has 0 aliphatic heterocycles. The fourth-order valence-electron chi connectivity index (χ4n) is 3.83. The monoisotopic (exact) mass is 476 g/mol. The molecule has 2 N–H and O–H groups in total. The molecule has 34 heavy (non-hydrogen) atoms. The molecular weight excluding hydrogens is 444 g/mol. The number of aryl methyl sites for hydroxylation is 2. The quantitative estimate of drug-likeness (QED) is 0.340. The molecule has 0 saturated carbocycles. The first-order chi connectivity index (χ1) is 16.4. The smallest absolute Gasteiger partial charge is 0.300 e. The average molecular weight is 477 g/mol. The minimum Gasteiger partial charge on any atom is -0.426 e. The van der Waals surface area contributed by atoms with Gasteiger partial charge in [0.05, 0.1) is 11.0 Å². The van der Waals surface area contributed by atoms with Gasteiger partial charge in [-0.05, 0) is 79.1 Å². The van der Waals surface area contributed by atoms with Crippen LogP contribution in [0.3, 0.4) is 0 Å². The zero-order valence-electron chi connectivity index (χ0n) is 20.3. The molecule has 4 nitrogen and oxygen atoms in total. The number of allylic oxidation sites excluding steroid dienone is 7. The van der Waals surface area contributed by atoms with Crippen LogP contribution in [0.15, 0.2) is 78.9 Å². The number of H-pyrrole nitrogens is 1. The Morgan fingerprint density at radius 3 is 2.71 bits per heavy atom. The van der Waals surface area contributed by atoms with Crippen LogP contribution in [0.1, 0.15) is 42.4 Å². The number of rotatable bonds is 7. The number of nitrogens with zero attached hydrogens (tertiary/aromatic N) is 1. The number of halogens is 1. The lowest BCUT2D eigenvalue weighted by Crippen LogP contribution is -1.97. The second-order valence-corrected chi connectivity index (χ2v) is 8.95. The highest BCUT2D eigenvalue weighted by Gasteiger charge is 2.15. The van der Waals surface area contributed by atoms with E-state index in [9.17, 15) is 0 Å². The predicted molar refractivity (Wildman–Crippen MR) is 143 cm³/mol. The van der Waals surface area contributed by atoms with E-state index in [0.717, 1.165) is 42.3 Å². The van der Waals surface area contributed by atoms with Crippen LogP contribution in [0.25, 0.3) is 11.0 Å². The van der Waals surface area contributed by atoms with Gasteiger partial charge in [-0.15, -0.1) is 6.58 Å². The van der Waals surface area contributed by atoms with E-state index in [4.69, 9.17) is 21.4 Å². The van der Waals surface area contributed by atoms with E-state index in [0.29, 0.717) is 17.0 Å². The molecule has 2 unspecified atom stereocenters. The van der Waals surface area contributed by atoms with Crippen LogP contribution in [0.2, 0.25) is 5.02 Å². The highest BCUT2D eigenvalue weighted by Crippen LogP contribution is 2.34. The third-order valence-corrected chi connectivity index (χ3v) is 6.28. The summed E-state index contributed by atoms with van der Waals surface area (Å²) in [5.41, 5.74) is 6.38. The molecule has 2 aromatic carbocycles. The van der Waals surface area contributed by atoms with E-state index in [1.165, 1.54) is 16.7 Å². The summed E-state index contributed by atoms with van der Waals surface area (Å²) in [6, 6.07) is 10.4. The molecule has 1 aliphatic rings. The van der Waals surface area contributed by atoms with Gasteiger partial charge in [0.15, 0.2) is 0 Å². The number of imidazole rings is 1. The average Bonchev–Trinajstić information content (AvgIpc) is 3.22. The summed E-state index contributed by atoms with van der Waals surface area (Å²) in [6.45, 7) is 10.3. The number of aliphatic hydroxyl groups excluding tert-OH is 1. The van der Waals surface area contributed by atoms with Crippen molar-refractivity contribution in [1.82, 2.24) is 9.97 Å². The first kappa shape index (κ1) is 25.5. The van der Waals surface area contributed by atoms with Gasteiger partial charge in [-0.25, -0.2) is 0 Å². The number of fused-ring (bicyclic) bond motifs is 1. The number of ether oxygens (including phenoxy) is 1. The first-order valence-electron chi connectivity index (χ1n) is 11.5. The highest BCUT2D eigenvalue weighted by atomic mass is 35.5. The van der Waals surface area contributed by atoms with Crippen molar-refractivity contribution in [2.45, 2.75) is 39.5 Å². The molecule has 0 saturated heterocycles. The van der Waals surface area contributed by atoms with Gasteiger partial charge in [-0.2, -0.15) is 4.98 Å². The number of aromatic nitrogens is 2. The van der Waals surface area contributed by atoms with Crippen LogP contribution in [0.4, 0.5) is 0 Å². The fraction of sp³-hybridized carbons (Fsp3) is 0.276. The van der Waals surface area contributed by atoms with Crippen LogP contribution in [-0.2, 0) is 0 Å². The maximum atomic E-state index is 7.00. The van der Waals surface area contributed by atoms with Crippen LogP contribution in [0.5, 0.6) is 11.8 Å². The molecule has 0 radical (unpaired) electrons. The highest BCUT2D eigenvalue weighted by molar-refractivity contribution is 6.32. The normalized spacial score (nSPS) is 16.2. The third kappa shape index (κ3) is 6.28. The Labute approximate surface area is 207 Å². The molecule has 0 fully saturated rings. The third-order valence-electron chi connectivity index (χ3n) is 5.96. The summed E-state index contributed by atoms with van der Waals surface area (Å²) < 4.78 is 5.97. The standard InChI is InChI=1S/C28H29ClN2O.CH4O/c1-5-6-22(13-12-21-10-7-18(2)8-11-21)24-16-26-27(17-25(24)29)31-28(30-26)32-23-14-9-19(3)20(4)15-23;1-2/h5,7,9-18,22H,1,6,8H2,2-4H3,(H,30,31);2H,1H3/b13-12+;. The van der Waals surface area contributed by atoms with Gasteiger partial charge in [-0.1, -0.05) is 61.0 Å². The van der Waals surface area contributed by atoms with Crippen LogP contribution in [0, 0.1) is 19.8 Å². The number of aromatic amines is 1. The van der Waals surface area contributed by atoms with Gasteiger partial charge in [0.25, 0.3) is 6.01 Å². The van der Waals surface area contributed by atoms with Crippen molar-refractivity contribution in [3.63, 3.8) is 0 Å². The summed E-state index contributed by atoms with van der Waals surface area (Å²) in [7, 11) is 1.00. The van der Waals surface area contributed by atoms with Crippen molar-refractivity contribution < 1.29 is 9.84 Å². The Bertz CT molecular complexity index is 1240. The van der Waals surface area contributed by atoms with Gasteiger partial charge in [0, 0.05) is 18.1 Å². The Hall–Kier alpha value is -3.08. The van der Waals surface area contributed by atoms with Crippen LogP contribution in [-0.4, -0.2) is 22.2 Å². The van der Waals surface area contributed by atoms with Gasteiger partial charge < -0.3 is 14.8 Å². The molecule has 178 valence electrons. The van der Waals surface area contributed by atoms with Crippen molar-refractivity contribution in [2.24, 2.45) is 5.92 Å². The van der Waals surface area contributed by atoms with Crippen molar-refractivity contribution in [3.8, 4) is 11.8 Å². The number of hydrogen-bond donors (Lipinski definition) is 2. The van der Waals surface area contributed by atoms with E-state index < -0.39 is 0 Å². The van der Waals surface area contributed by atoms with Crippen molar-refractivity contribution in [1.29, 1.82) is 0 Å². The summed E-state index contributed by atoms with van der Waals surface area (Å²) in [4.78, 5) is 7.86. The lowest BCUT2D eigenvalue weighted by atomic mass is 9.92. The number of aliphatic hydroxyl groups is 1. The largest absolute Gasteiger partial charge is 0.426 e. The molecule has 2 atom stereocenters. The van der Waals surface area contributed by atoms with Gasteiger partial charge in [-0.3, -0.25) is 0 Å². The molecule has 1 heterocycles.